The Bertz CT molecular complexity index is 374. The number of nitro benzene ring substituents is 1. The molecule has 0 amide bonds. The number of rotatable bonds is 4. The third-order valence-electron chi connectivity index (χ3n) is 2.48. The lowest BCUT2D eigenvalue weighted by molar-refractivity contribution is -0.386. The molecular weight excluding hydrogens is 194 g/mol. The van der Waals surface area contributed by atoms with E-state index in [0.29, 0.717) is 12.2 Å². The maximum atomic E-state index is 11.0. The van der Waals surface area contributed by atoms with Crippen LogP contribution in [0.5, 0.6) is 5.75 Å². The Morgan fingerprint density at radius 3 is 2.40 bits per heavy atom. The van der Waals surface area contributed by atoms with Gasteiger partial charge in [-0.2, -0.15) is 0 Å². The Kier molecular flexibility index (Phi) is 3.66. The summed E-state index contributed by atoms with van der Waals surface area (Å²) in [6.45, 7) is 3.91. The van der Waals surface area contributed by atoms with Gasteiger partial charge in [-0.05, 0) is 24.5 Å². The van der Waals surface area contributed by atoms with E-state index in [1.54, 1.807) is 6.07 Å². The van der Waals surface area contributed by atoms with Gasteiger partial charge in [0.15, 0.2) is 5.75 Å². The molecule has 0 fully saturated rings. The van der Waals surface area contributed by atoms with Crippen LogP contribution in [0.1, 0.15) is 25.0 Å². The van der Waals surface area contributed by atoms with Crippen molar-refractivity contribution in [2.24, 2.45) is 0 Å². The van der Waals surface area contributed by atoms with Gasteiger partial charge >= 0.3 is 5.69 Å². The maximum Gasteiger partial charge on any atom is 0.314 e. The van der Waals surface area contributed by atoms with Crippen molar-refractivity contribution in [2.75, 3.05) is 7.11 Å². The van der Waals surface area contributed by atoms with E-state index in [9.17, 15) is 10.1 Å². The quantitative estimate of drug-likeness (QED) is 0.566. The van der Waals surface area contributed by atoms with Gasteiger partial charge in [0, 0.05) is 5.56 Å². The summed E-state index contributed by atoms with van der Waals surface area (Å²) < 4.78 is 5.01. The zero-order valence-corrected chi connectivity index (χ0v) is 9.24. The lowest BCUT2D eigenvalue weighted by Gasteiger charge is -2.09. The van der Waals surface area contributed by atoms with Crippen LogP contribution in [-0.2, 0) is 12.8 Å². The molecular formula is C11H15NO3. The molecule has 1 aromatic rings. The van der Waals surface area contributed by atoms with Gasteiger partial charge in [-0.25, -0.2) is 0 Å². The molecule has 1 rings (SSSR count). The number of methoxy groups -OCH3 is 1. The van der Waals surface area contributed by atoms with Crippen LogP contribution < -0.4 is 4.74 Å². The minimum Gasteiger partial charge on any atom is -0.490 e. The van der Waals surface area contributed by atoms with E-state index in [-0.39, 0.29) is 10.6 Å². The van der Waals surface area contributed by atoms with Crippen LogP contribution in [0.3, 0.4) is 0 Å². The molecule has 0 atom stereocenters. The molecule has 0 saturated heterocycles. The molecule has 0 bridgehead atoms. The summed E-state index contributed by atoms with van der Waals surface area (Å²) in [4.78, 5) is 10.6. The second-order valence-corrected chi connectivity index (χ2v) is 3.22. The predicted octanol–water partition coefficient (Wildman–Crippen LogP) is 2.73. The summed E-state index contributed by atoms with van der Waals surface area (Å²) in [5.74, 6) is 0.342. The molecule has 0 saturated carbocycles. The smallest absolute Gasteiger partial charge is 0.314 e. The molecule has 0 N–H and O–H groups in total. The highest BCUT2D eigenvalue weighted by Crippen LogP contribution is 2.33. The highest BCUT2D eigenvalue weighted by molar-refractivity contribution is 5.56. The van der Waals surface area contributed by atoms with Gasteiger partial charge < -0.3 is 4.74 Å². The molecule has 0 heterocycles. The third kappa shape index (κ3) is 2.09. The van der Waals surface area contributed by atoms with Crippen LogP contribution in [-0.4, -0.2) is 12.0 Å². The van der Waals surface area contributed by atoms with Gasteiger partial charge in [0.25, 0.3) is 0 Å². The topological polar surface area (TPSA) is 52.4 Å². The number of aryl methyl sites for hydroxylation is 1. The standard InChI is InChI=1S/C11H15NO3/c1-4-8-6-7-10(15-3)11(12(13)14)9(8)5-2/h6-7H,4-5H2,1-3H3. The summed E-state index contributed by atoms with van der Waals surface area (Å²) in [5, 5.41) is 11.0. The van der Waals surface area contributed by atoms with E-state index in [2.05, 4.69) is 0 Å². The fourth-order valence-electron chi connectivity index (χ4n) is 1.75. The third-order valence-corrected chi connectivity index (χ3v) is 2.48. The van der Waals surface area contributed by atoms with Gasteiger partial charge in [-0.15, -0.1) is 0 Å². The van der Waals surface area contributed by atoms with Crippen molar-refractivity contribution < 1.29 is 9.66 Å². The Morgan fingerprint density at radius 2 is 2.00 bits per heavy atom. The molecule has 0 radical (unpaired) electrons. The summed E-state index contributed by atoms with van der Waals surface area (Å²) in [5.41, 5.74) is 1.91. The maximum absolute atomic E-state index is 11.0. The number of hydrogen-bond donors (Lipinski definition) is 0. The van der Waals surface area contributed by atoms with Crippen molar-refractivity contribution in [3.8, 4) is 5.75 Å². The molecule has 0 aliphatic rings. The Labute approximate surface area is 89.0 Å². The molecule has 4 heteroatoms. The van der Waals surface area contributed by atoms with E-state index in [0.717, 1.165) is 17.5 Å². The zero-order valence-electron chi connectivity index (χ0n) is 9.24. The first-order chi connectivity index (χ1) is 7.15. The van der Waals surface area contributed by atoms with Gasteiger partial charge in [0.2, 0.25) is 0 Å². The summed E-state index contributed by atoms with van der Waals surface area (Å²) in [7, 11) is 1.45. The van der Waals surface area contributed by atoms with Crippen molar-refractivity contribution in [1.29, 1.82) is 0 Å². The Balaban J connectivity index is 3.44. The lowest BCUT2D eigenvalue weighted by Crippen LogP contribution is -2.01. The van der Waals surface area contributed by atoms with Gasteiger partial charge in [-0.1, -0.05) is 19.9 Å². The normalized spacial score (nSPS) is 10.1. The SMILES string of the molecule is CCc1ccc(OC)c([N+](=O)[O-])c1CC. The fraction of sp³-hybridized carbons (Fsp3) is 0.455. The van der Waals surface area contributed by atoms with Crippen molar-refractivity contribution in [3.05, 3.63) is 33.4 Å². The van der Waals surface area contributed by atoms with Crippen LogP contribution in [0.15, 0.2) is 12.1 Å². The largest absolute Gasteiger partial charge is 0.490 e. The first-order valence-electron chi connectivity index (χ1n) is 4.98. The summed E-state index contributed by atoms with van der Waals surface area (Å²) in [6.07, 6.45) is 1.45. The molecule has 0 aliphatic carbocycles. The average Bonchev–Trinajstić information content (AvgIpc) is 2.26. The number of nitrogens with zero attached hydrogens (tertiary/aromatic N) is 1. The second kappa shape index (κ2) is 4.77. The fourth-order valence-corrected chi connectivity index (χ4v) is 1.75. The average molecular weight is 209 g/mol. The van der Waals surface area contributed by atoms with Crippen LogP contribution in [0, 0.1) is 10.1 Å². The molecule has 1 aromatic carbocycles. The van der Waals surface area contributed by atoms with Crippen LogP contribution in [0.2, 0.25) is 0 Å². The molecule has 15 heavy (non-hydrogen) atoms. The van der Waals surface area contributed by atoms with Crippen molar-refractivity contribution in [2.45, 2.75) is 26.7 Å². The van der Waals surface area contributed by atoms with Crippen LogP contribution in [0.25, 0.3) is 0 Å². The summed E-state index contributed by atoms with van der Waals surface area (Å²) in [6, 6.07) is 3.56. The molecule has 0 unspecified atom stereocenters. The molecule has 4 nitrogen and oxygen atoms in total. The number of ether oxygens (including phenoxy) is 1. The zero-order chi connectivity index (χ0) is 11.4. The molecule has 82 valence electrons. The molecule has 0 aromatic heterocycles. The van der Waals surface area contributed by atoms with Crippen molar-refractivity contribution in [3.63, 3.8) is 0 Å². The monoisotopic (exact) mass is 209 g/mol. The van der Waals surface area contributed by atoms with E-state index < -0.39 is 0 Å². The van der Waals surface area contributed by atoms with E-state index >= 15 is 0 Å². The summed E-state index contributed by atoms with van der Waals surface area (Å²) >= 11 is 0. The lowest BCUT2D eigenvalue weighted by atomic mass is 10.0. The number of nitro groups is 1. The van der Waals surface area contributed by atoms with Crippen LogP contribution >= 0.6 is 0 Å². The van der Waals surface area contributed by atoms with E-state index in [1.165, 1.54) is 7.11 Å². The first kappa shape index (κ1) is 11.5. The van der Waals surface area contributed by atoms with Gasteiger partial charge in [0.05, 0.1) is 12.0 Å². The Morgan fingerprint density at radius 1 is 1.33 bits per heavy atom. The molecule has 0 spiro atoms. The van der Waals surface area contributed by atoms with E-state index in [4.69, 9.17) is 4.74 Å². The van der Waals surface area contributed by atoms with E-state index in [1.807, 2.05) is 19.9 Å². The molecule has 0 aliphatic heterocycles. The van der Waals surface area contributed by atoms with Crippen molar-refractivity contribution >= 4 is 5.69 Å². The van der Waals surface area contributed by atoms with Gasteiger partial charge in [0.1, 0.15) is 0 Å². The Hall–Kier alpha value is -1.58. The first-order valence-corrected chi connectivity index (χ1v) is 4.98. The van der Waals surface area contributed by atoms with Gasteiger partial charge in [-0.3, -0.25) is 10.1 Å². The minimum absolute atomic E-state index is 0.111. The minimum atomic E-state index is -0.364. The van der Waals surface area contributed by atoms with Crippen molar-refractivity contribution in [1.82, 2.24) is 0 Å². The number of benzene rings is 1. The highest BCUT2D eigenvalue weighted by atomic mass is 16.6. The number of hydrogen-bond acceptors (Lipinski definition) is 3. The van der Waals surface area contributed by atoms with Crippen LogP contribution in [0.4, 0.5) is 5.69 Å². The predicted molar refractivity (Wildman–Crippen MR) is 58.4 cm³/mol. The highest BCUT2D eigenvalue weighted by Gasteiger charge is 2.21. The second-order valence-electron chi connectivity index (χ2n) is 3.22.